The first-order chi connectivity index (χ1) is 19.1. The number of imidazole rings is 1. The van der Waals surface area contributed by atoms with Gasteiger partial charge >= 0.3 is 0 Å². The largest absolute Gasteiger partial charge is 0.291 e. The molecular formula is C36H25N3. The SMILES string of the molecule is Cc1cc(-c2ccc(-c3cn4cccnc4n3)cc2)ccc1-c1c(C)cc2ccc3cccc4ccc1c2c34. The predicted molar refractivity (Wildman–Crippen MR) is 162 cm³/mol. The zero-order valence-electron chi connectivity index (χ0n) is 21.8. The van der Waals surface area contributed by atoms with Crippen molar-refractivity contribution in [2.45, 2.75) is 13.8 Å². The summed E-state index contributed by atoms with van der Waals surface area (Å²) in [4.78, 5) is 9.00. The van der Waals surface area contributed by atoms with E-state index in [1.165, 1.54) is 65.7 Å². The van der Waals surface area contributed by atoms with E-state index < -0.39 is 0 Å². The first-order valence-electron chi connectivity index (χ1n) is 13.3. The summed E-state index contributed by atoms with van der Waals surface area (Å²) in [5, 5.41) is 7.98. The van der Waals surface area contributed by atoms with Crippen molar-refractivity contribution in [1.29, 1.82) is 0 Å². The van der Waals surface area contributed by atoms with Crippen molar-refractivity contribution in [2.75, 3.05) is 0 Å². The lowest BCUT2D eigenvalue weighted by Crippen LogP contribution is -1.93. The Kier molecular flexibility index (Phi) is 4.65. The minimum atomic E-state index is 0.713. The molecule has 8 aromatic rings. The topological polar surface area (TPSA) is 30.2 Å². The standard InChI is InChI=1S/C36H25N3/c1-22-19-28(24-7-9-25(10-8-24)32-21-39-18-4-17-37-36(39)38-32)14-15-30(22)33-23(2)20-29-12-11-26-5-3-6-27-13-16-31(33)35(29)34(26)27/h3-21H,1-2H3. The number of aromatic nitrogens is 3. The van der Waals surface area contributed by atoms with Crippen molar-refractivity contribution in [3.63, 3.8) is 0 Å². The smallest absolute Gasteiger partial charge is 0.234 e. The Balaban J connectivity index is 1.21. The van der Waals surface area contributed by atoms with Crippen LogP contribution in [-0.2, 0) is 0 Å². The van der Waals surface area contributed by atoms with Crippen molar-refractivity contribution in [3.05, 3.63) is 127 Å². The molecule has 0 fully saturated rings. The third-order valence-electron chi connectivity index (χ3n) is 8.09. The van der Waals surface area contributed by atoms with Crippen LogP contribution in [0.3, 0.4) is 0 Å². The molecule has 0 saturated carbocycles. The van der Waals surface area contributed by atoms with Crippen LogP contribution in [0.2, 0.25) is 0 Å². The fourth-order valence-electron chi connectivity index (χ4n) is 6.24. The maximum absolute atomic E-state index is 4.66. The normalized spacial score (nSPS) is 11.8. The Hall–Kier alpha value is -5.02. The fraction of sp³-hybridized carbons (Fsp3) is 0.0556. The van der Waals surface area contributed by atoms with Crippen LogP contribution < -0.4 is 0 Å². The van der Waals surface area contributed by atoms with Crippen LogP contribution in [0.15, 0.2) is 116 Å². The molecule has 0 bridgehead atoms. The minimum absolute atomic E-state index is 0.713. The molecule has 0 unspecified atom stereocenters. The van der Waals surface area contributed by atoms with E-state index in [0.29, 0.717) is 5.78 Å². The van der Waals surface area contributed by atoms with E-state index >= 15 is 0 Å². The number of hydrogen-bond donors (Lipinski definition) is 0. The van der Waals surface area contributed by atoms with E-state index in [4.69, 9.17) is 0 Å². The van der Waals surface area contributed by atoms with Crippen molar-refractivity contribution in [2.24, 2.45) is 0 Å². The number of benzene rings is 6. The zero-order chi connectivity index (χ0) is 26.1. The molecule has 39 heavy (non-hydrogen) atoms. The van der Waals surface area contributed by atoms with Gasteiger partial charge in [-0.3, -0.25) is 4.40 Å². The van der Waals surface area contributed by atoms with Crippen molar-refractivity contribution >= 4 is 38.1 Å². The predicted octanol–water partition coefficient (Wildman–Crippen LogP) is 9.24. The lowest BCUT2D eigenvalue weighted by molar-refractivity contribution is 1.11. The third-order valence-corrected chi connectivity index (χ3v) is 8.09. The molecule has 0 radical (unpaired) electrons. The van der Waals surface area contributed by atoms with Gasteiger partial charge in [0.2, 0.25) is 5.78 Å². The second kappa shape index (κ2) is 8.24. The fourth-order valence-corrected chi connectivity index (χ4v) is 6.24. The second-order valence-corrected chi connectivity index (χ2v) is 10.5. The maximum atomic E-state index is 4.66. The van der Waals surface area contributed by atoms with Gasteiger partial charge in [-0.15, -0.1) is 0 Å². The Labute approximate surface area is 226 Å². The van der Waals surface area contributed by atoms with Crippen molar-refractivity contribution in [1.82, 2.24) is 14.4 Å². The van der Waals surface area contributed by atoms with Gasteiger partial charge in [-0.1, -0.05) is 91.0 Å². The van der Waals surface area contributed by atoms with Gasteiger partial charge in [-0.05, 0) is 85.6 Å². The summed E-state index contributed by atoms with van der Waals surface area (Å²) >= 11 is 0. The molecule has 8 rings (SSSR count). The highest BCUT2D eigenvalue weighted by atomic mass is 15.1. The molecule has 0 N–H and O–H groups in total. The number of aryl methyl sites for hydroxylation is 2. The summed E-state index contributed by atoms with van der Waals surface area (Å²) in [7, 11) is 0. The lowest BCUT2D eigenvalue weighted by Gasteiger charge is -2.18. The molecule has 0 aliphatic heterocycles. The molecule has 3 nitrogen and oxygen atoms in total. The summed E-state index contributed by atoms with van der Waals surface area (Å²) < 4.78 is 1.95. The van der Waals surface area contributed by atoms with E-state index in [-0.39, 0.29) is 0 Å². The molecule has 0 aliphatic carbocycles. The lowest BCUT2D eigenvalue weighted by atomic mass is 9.85. The Bertz CT molecular complexity index is 2140. The monoisotopic (exact) mass is 499 g/mol. The van der Waals surface area contributed by atoms with Gasteiger partial charge in [0.15, 0.2) is 0 Å². The molecule has 2 heterocycles. The molecule has 184 valence electrons. The van der Waals surface area contributed by atoms with Gasteiger partial charge in [-0.25, -0.2) is 9.97 Å². The highest BCUT2D eigenvalue weighted by Crippen LogP contribution is 2.42. The first kappa shape index (κ1) is 22.0. The number of nitrogens with zero attached hydrogens (tertiary/aromatic N) is 3. The number of fused-ring (bicyclic) bond motifs is 1. The summed E-state index contributed by atoms with van der Waals surface area (Å²) in [6.45, 7) is 4.47. The van der Waals surface area contributed by atoms with E-state index in [0.717, 1.165) is 11.3 Å². The molecular weight excluding hydrogens is 474 g/mol. The minimum Gasteiger partial charge on any atom is -0.291 e. The van der Waals surface area contributed by atoms with E-state index in [1.807, 2.05) is 22.9 Å². The van der Waals surface area contributed by atoms with Gasteiger partial charge in [0.05, 0.1) is 5.69 Å². The first-order valence-corrected chi connectivity index (χ1v) is 13.3. The zero-order valence-corrected chi connectivity index (χ0v) is 21.8. The van der Waals surface area contributed by atoms with E-state index in [2.05, 4.69) is 115 Å². The second-order valence-electron chi connectivity index (χ2n) is 10.5. The Morgan fingerprint density at radius 2 is 1.36 bits per heavy atom. The molecule has 0 aliphatic rings. The van der Waals surface area contributed by atoms with E-state index in [9.17, 15) is 0 Å². The molecule has 0 atom stereocenters. The average Bonchev–Trinajstić information content (AvgIpc) is 3.41. The van der Waals surface area contributed by atoms with Crippen LogP contribution in [0.5, 0.6) is 0 Å². The average molecular weight is 500 g/mol. The van der Waals surface area contributed by atoms with Gasteiger partial charge in [-0.2, -0.15) is 0 Å². The Morgan fingerprint density at radius 3 is 2.15 bits per heavy atom. The van der Waals surface area contributed by atoms with Crippen LogP contribution in [-0.4, -0.2) is 14.4 Å². The molecule has 6 aromatic carbocycles. The molecule has 3 heteroatoms. The Morgan fingerprint density at radius 1 is 0.615 bits per heavy atom. The van der Waals surface area contributed by atoms with Crippen LogP contribution >= 0.6 is 0 Å². The molecule has 2 aromatic heterocycles. The van der Waals surface area contributed by atoms with Gasteiger partial charge < -0.3 is 0 Å². The molecule has 0 saturated heterocycles. The highest BCUT2D eigenvalue weighted by Gasteiger charge is 2.16. The van der Waals surface area contributed by atoms with Crippen LogP contribution in [0.4, 0.5) is 0 Å². The highest BCUT2D eigenvalue weighted by molar-refractivity contribution is 6.26. The van der Waals surface area contributed by atoms with Crippen molar-refractivity contribution in [3.8, 4) is 33.5 Å². The van der Waals surface area contributed by atoms with Gasteiger partial charge in [0, 0.05) is 24.2 Å². The van der Waals surface area contributed by atoms with Crippen LogP contribution in [0, 0.1) is 13.8 Å². The van der Waals surface area contributed by atoms with Crippen LogP contribution in [0.25, 0.3) is 71.6 Å². The summed E-state index contributed by atoms with van der Waals surface area (Å²) in [6.07, 6.45) is 5.76. The number of rotatable bonds is 3. The summed E-state index contributed by atoms with van der Waals surface area (Å²) in [6, 6.07) is 35.5. The van der Waals surface area contributed by atoms with Crippen molar-refractivity contribution < 1.29 is 0 Å². The summed E-state index contributed by atoms with van der Waals surface area (Å²) in [5.41, 5.74) is 9.64. The van der Waals surface area contributed by atoms with Gasteiger partial charge in [0.1, 0.15) is 0 Å². The van der Waals surface area contributed by atoms with Crippen LogP contribution in [0.1, 0.15) is 11.1 Å². The summed E-state index contributed by atoms with van der Waals surface area (Å²) in [5.74, 6) is 0.713. The quantitative estimate of drug-likeness (QED) is 0.227. The number of hydrogen-bond acceptors (Lipinski definition) is 2. The van der Waals surface area contributed by atoms with Gasteiger partial charge in [0.25, 0.3) is 0 Å². The molecule has 0 amide bonds. The van der Waals surface area contributed by atoms with E-state index in [1.54, 1.807) is 6.20 Å². The maximum Gasteiger partial charge on any atom is 0.234 e. The third kappa shape index (κ3) is 3.37. The molecule has 0 spiro atoms.